The molecular weight excluding hydrogens is 352 g/mol. The smallest absolute Gasteiger partial charge is 0.216 e. The summed E-state index contributed by atoms with van der Waals surface area (Å²) in [6.07, 6.45) is 3.97. The van der Waals surface area contributed by atoms with E-state index in [9.17, 15) is 8.42 Å². The van der Waals surface area contributed by atoms with E-state index in [0.717, 1.165) is 32.2 Å². The van der Waals surface area contributed by atoms with Gasteiger partial charge in [0, 0.05) is 23.0 Å². The highest BCUT2D eigenvalue weighted by Crippen LogP contribution is 2.28. The number of sulfonamides is 1. The Kier molecular flexibility index (Phi) is 5.42. The molecule has 4 nitrogen and oxygen atoms in total. The number of fused-ring (bicyclic) bond motifs is 1. The number of thiophene rings is 1. The van der Waals surface area contributed by atoms with E-state index in [4.69, 9.17) is 0 Å². The molecule has 0 atom stereocenters. The molecule has 1 aliphatic carbocycles. The quantitative estimate of drug-likeness (QED) is 0.797. The van der Waals surface area contributed by atoms with Crippen molar-refractivity contribution in [1.82, 2.24) is 4.72 Å². The zero-order valence-electron chi connectivity index (χ0n) is 15.2. The first-order valence-corrected chi connectivity index (χ1v) is 11.3. The Balaban J connectivity index is 1.48. The molecule has 3 rings (SSSR count). The van der Waals surface area contributed by atoms with Gasteiger partial charge in [0.2, 0.25) is 10.0 Å². The molecule has 25 heavy (non-hydrogen) atoms. The van der Waals surface area contributed by atoms with Crippen molar-refractivity contribution in [1.29, 1.82) is 0 Å². The minimum absolute atomic E-state index is 0.0861. The molecule has 0 radical (unpaired) electrons. The second-order valence-electron chi connectivity index (χ2n) is 8.01. The van der Waals surface area contributed by atoms with Gasteiger partial charge in [0.25, 0.3) is 0 Å². The maximum Gasteiger partial charge on any atom is 0.216 e. The first-order chi connectivity index (χ1) is 11.7. The van der Waals surface area contributed by atoms with Crippen LogP contribution in [0.25, 0.3) is 10.1 Å². The van der Waals surface area contributed by atoms with Crippen molar-refractivity contribution < 1.29 is 8.42 Å². The predicted molar refractivity (Wildman–Crippen MR) is 108 cm³/mol. The molecule has 0 spiro atoms. The Morgan fingerprint density at radius 2 is 1.84 bits per heavy atom. The molecule has 0 unspecified atom stereocenters. The standard InChI is InChI=1S/C19H28N2O2S2/c1-19(2,3)25(22,23)21-16-7-4-14(5-8-16)13-20-17-9-6-15-10-11-24-18(15)12-17/h6,9-12,14,16,20-21H,4-5,7-8,13H2,1-3H3/t14-,16-. The summed E-state index contributed by atoms with van der Waals surface area (Å²) in [4.78, 5) is 0. The average Bonchev–Trinajstić information content (AvgIpc) is 3.00. The van der Waals surface area contributed by atoms with Gasteiger partial charge in [0.15, 0.2) is 0 Å². The highest BCUT2D eigenvalue weighted by molar-refractivity contribution is 7.90. The number of hydrogen-bond acceptors (Lipinski definition) is 4. The van der Waals surface area contributed by atoms with E-state index in [0.29, 0.717) is 5.92 Å². The number of nitrogens with one attached hydrogen (secondary N) is 2. The second kappa shape index (κ2) is 7.25. The van der Waals surface area contributed by atoms with E-state index in [1.54, 1.807) is 32.1 Å². The zero-order valence-corrected chi connectivity index (χ0v) is 16.8. The largest absolute Gasteiger partial charge is 0.385 e. The highest BCUT2D eigenvalue weighted by atomic mass is 32.2. The van der Waals surface area contributed by atoms with Crippen LogP contribution in [0.5, 0.6) is 0 Å². The molecule has 0 amide bonds. The van der Waals surface area contributed by atoms with Crippen LogP contribution < -0.4 is 10.0 Å². The van der Waals surface area contributed by atoms with Gasteiger partial charge in [-0.1, -0.05) is 6.07 Å². The molecule has 1 heterocycles. The van der Waals surface area contributed by atoms with Crippen molar-refractivity contribution >= 4 is 37.1 Å². The first kappa shape index (κ1) is 18.7. The SMILES string of the molecule is CC(C)(C)S(=O)(=O)N[C@H]1CC[C@H](CNc2ccc3ccsc3c2)CC1. The fourth-order valence-corrected chi connectivity index (χ4v) is 5.06. The van der Waals surface area contributed by atoms with Crippen molar-refractivity contribution in [3.8, 4) is 0 Å². The van der Waals surface area contributed by atoms with Crippen LogP contribution in [0.2, 0.25) is 0 Å². The van der Waals surface area contributed by atoms with Crippen LogP contribution in [-0.4, -0.2) is 25.8 Å². The molecule has 1 aliphatic rings. The van der Waals surface area contributed by atoms with Crippen LogP contribution in [0.15, 0.2) is 29.6 Å². The molecular formula is C19H28N2O2S2. The zero-order chi connectivity index (χ0) is 18.1. The predicted octanol–water partition coefficient (Wildman–Crippen LogP) is 4.59. The van der Waals surface area contributed by atoms with Crippen LogP contribution in [-0.2, 0) is 10.0 Å². The van der Waals surface area contributed by atoms with Gasteiger partial charge in [-0.2, -0.15) is 0 Å². The number of anilines is 1. The second-order valence-corrected chi connectivity index (χ2v) is 11.4. The molecule has 1 saturated carbocycles. The topological polar surface area (TPSA) is 58.2 Å². The fourth-order valence-electron chi connectivity index (χ4n) is 3.21. The van der Waals surface area contributed by atoms with E-state index in [-0.39, 0.29) is 6.04 Å². The summed E-state index contributed by atoms with van der Waals surface area (Å²) < 4.78 is 28.0. The third-order valence-electron chi connectivity index (χ3n) is 5.03. The molecule has 1 aromatic heterocycles. The van der Waals surface area contributed by atoms with Crippen molar-refractivity contribution in [3.63, 3.8) is 0 Å². The Hall–Kier alpha value is -1.11. The fraction of sp³-hybridized carbons (Fsp3) is 0.579. The van der Waals surface area contributed by atoms with Gasteiger partial charge in [-0.05, 0) is 81.3 Å². The molecule has 1 fully saturated rings. The van der Waals surface area contributed by atoms with E-state index in [2.05, 4.69) is 39.7 Å². The lowest BCUT2D eigenvalue weighted by atomic mass is 9.86. The Morgan fingerprint density at radius 1 is 1.12 bits per heavy atom. The normalized spacial score (nSPS) is 22.2. The van der Waals surface area contributed by atoms with Crippen LogP contribution in [0, 0.1) is 5.92 Å². The lowest BCUT2D eigenvalue weighted by molar-refractivity contribution is 0.322. The Bertz CT molecular complexity index is 813. The van der Waals surface area contributed by atoms with Crippen LogP contribution in [0.1, 0.15) is 46.5 Å². The molecule has 0 bridgehead atoms. The lowest BCUT2D eigenvalue weighted by Gasteiger charge is -2.31. The van der Waals surface area contributed by atoms with Crippen LogP contribution >= 0.6 is 11.3 Å². The van der Waals surface area contributed by atoms with Gasteiger partial charge >= 0.3 is 0 Å². The average molecular weight is 381 g/mol. The van der Waals surface area contributed by atoms with Crippen molar-refractivity contribution in [2.75, 3.05) is 11.9 Å². The van der Waals surface area contributed by atoms with Gasteiger partial charge in [0.05, 0.1) is 4.75 Å². The maximum absolute atomic E-state index is 12.3. The summed E-state index contributed by atoms with van der Waals surface area (Å²) in [5.74, 6) is 0.606. The minimum Gasteiger partial charge on any atom is -0.385 e. The summed E-state index contributed by atoms with van der Waals surface area (Å²) >= 11 is 1.77. The number of benzene rings is 1. The molecule has 2 aromatic rings. The summed E-state index contributed by atoms with van der Waals surface area (Å²) in [6.45, 7) is 6.19. The van der Waals surface area contributed by atoms with Gasteiger partial charge < -0.3 is 5.32 Å². The Morgan fingerprint density at radius 3 is 2.52 bits per heavy atom. The van der Waals surface area contributed by atoms with E-state index >= 15 is 0 Å². The third-order valence-corrected chi connectivity index (χ3v) is 8.16. The van der Waals surface area contributed by atoms with E-state index in [1.807, 2.05) is 0 Å². The van der Waals surface area contributed by atoms with Crippen molar-refractivity contribution in [3.05, 3.63) is 29.6 Å². The van der Waals surface area contributed by atoms with E-state index in [1.165, 1.54) is 15.8 Å². The monoisotopic (exact) mass is 380 g/mol. The molecule has 138 valence electrons. The third kappa shape index (κ3) is 4.54. The Labute approximate surface area is 155 Å². The minimum atomic E-state index is -3.25. The summed E-state index contributed by atoms with van der Waals surface area (Å²) in [5, 5.41) is 6.96. The first-order valence-electron chi connectivity index (χ1n) is 8.97. The molecule has 0 saturated heterocycles. The number of hydrogen-bond donors (Lipinski definition) is 2. The van der Waals surface area contributed by atoms with Gasteiger partial charge in [-0.25, -0.2) is 13.1 Å². The molecule has 6 heteroatoms. The highest BCUT2D eigenvalue weighted by Gasteiger charge is 2.32. The number of rotatable bonds is 5. The lowest BCUT2D eigenvalue weighted by Crippen LogP contribution is -2.46. The molecule has 2 N–H and O–H groups in total. The summed E-state index contributed by atoms with van der Waals surface area (Å²) in [7, 11) is -3.25. The van der Waals surface area contributed by atoms with Crippen LogP contribution in [0.3, 0.4) is 0 Å². The summed E-state index contributed by atoms with van der Waals surface area (Å²) in [6, 6.07) is 8.74. The summed E-state index contributed by atoms with van der Waals surface area (Å²) in [5.41, 5.74) is 1.17. The molecule has 0 aliphatic heterocycles. The molecule has 1 aromatic carbocycles. The van der Waals surface area contributed by atoms with Gasteiger partial charge in [-0.15, -0.1) is 11.3 Å². The van der Waals surface area contributed by atoms with Gasteiger partial charge in [-0.3, -0.25) is 0 Å². The van der Waals surface area contributed by atoms with E-state index < -0.39 is 14.8 Å². The van der Waals surface area contributed by atoms with Gasteiger partial charge in [0.1, 0.15) is 0 Å². The maximum atomic E-state index is 12.3. The van der Waals surface area contributed by atoms with Crippen LogP contribution in [0.4, 0.5) is 5.69 Å². The van der Waals surface area contributed by atoms with Crippen molar-refractivity contribution in [2.45, 2.75) is 57.2 Å². The van der Waals surface area contributed by atoms with Crippen molar-refractivity contribution in [2.24, 2.45) is 5.92 Å².